The molecule has 0 bridgehead atoms. The van der Waals surface area contributed by atoms with Crippen LogP contribution >= 0.6 is 0 Å². The van der Waals surface area contributed by atoms with E-state index in [4.69, 9.17) is 5.73 Å². The maximum atomic E-state index is 12.9. The van der Waals surface area contributed by atoms with E-state index in [2.05, 4.69) is 0 Å². The summed E-state index contributed by atoms with van der Waals surface area (Å²) in [6.45, 7) is 0. The van der Waals surface area contributed by atoms with E-state index in [1.54, 1.807) is 0 Å². The molecule has 0 saturated carbocycles. The fraction of sp³-hybridized carbons (Fsp3) is 0.143. The molecule has 2 N–H and O–H groups in total. The highest BCUT2D eigenvalue weighted by Gasteiger charge is 2.29. The van der Waals surface area contributed by atoms with Crippen molar-refractivity contribution < 1.29 is 21.6 Å². The minimum atomic E-state index is -4.89. The lowest BCUT2D eigenvalue weighted by Gasteiger charge is -2.04. The quantitative estimate of drug-likeness (QED) is 0.774. The minimum Gasteiger partial charge on any atom is -0.399 e. The lowest BCUT2D eigenvalue weighted by molar-refractivity contribution is 0.234. The first-order valence-corrected chi connectivity index (χ1v) is 4.97. The first kappa shape index (κ1) is 10.8. The lowest BCUT2D eigenvalue weighted by Crippen LogP contribution is -2.13. The zero-order valence-corrected chi connectivity index (χ0v) is 7.56. The van der Waals surface area contributed by atoms with E-state index in [0.717, 1.165) is 6.07 Å². The number of sulfone groups is 1. The van der Waals surface area contributed by atoms with Gasteiger partial charge in [-0.3, -0.25) is 0 Å². The zero-order chi connectivity index (χ0) is 10.9. The van der Waals surface area contributed by atoms with Gasteiger partial charge in [0.25, 0.3) is 0 Å². The Labute approximate surface area is 78.3 Å². The lowest BCUT2D eigenvalue weighted by atomic mass is 10.3. The number of halogens is 3. The van der Waals surface area contributed by atoms with Gasteiger partial charge in [0, 0.05) is 5.69 Å². The normalized spacial score (nSPS) is 12.0. The van der Waals surface area contributed by atoms with Crippen LogP contribution in [0.4, 0.5) is 18.9 Å². The van der Waals surface area contributed by atoms with Crippen LogP contribution in [-0.4, -0.2) is 14.2 Å². The standard InChI is InChI=1S/C7H6F3NO2S/c8-5-3-4(11)1-2-6(5)14(12,13)7(9)10/h1-3,7H,11H2. The van der Waals surface area contributed by atoms with Gasteiger partial charge in [0.2, 0.25) is 9.84 Å². The van der Waals surface area contributed by atoms with Crippen molar-refractivity contribution in [3.63, 3.8) is 0 Å². The molecule has 0 saturated heterocycles. The van der Waals surface area contributed by atoms with Crippen LogP contribution < -0.4 is 5.73 Å². The number of rotatable bonds is 2. The van der Waals surface area contributed by atoms with Crippen molar-refractivity contribution in [2.24, 2.45) is 0 Å². The maximum Gasteiger partial charge on any atom is 0.341 e. The molecule has 0 unspecified atom stereocenters. The molecule has 78 valence electrons. The monoisotopic (exact) mass is 225 g/mol. The van der Waals surface area contributed by atoms with E-state index >= 15 is 0 Å². The fourth-order valence-corrected chi connectivity index (χ4v) is 1.62. The number of nitrogen functional groups attached to an aromatic ring is 1. The second-order valence-electron chi connectivity index (χ2n) is 2.50. The molecule has 0 amide bonds. The highest BCUT2D eigenvalue weighted by Crippen LogP contribution is 2.22. The highest BCUT2D eigenvalue weighted by atomic mass is 32.2. The van der Waals surface area contributed by atoms with Crippen LogP contribution in [0.1, 0.15) is 0 Å². The molecule has 14 heavy (non-hydrogen) atoms. The predicted molar refractivity (Wildman–Crippen MR) is 44.0 cm³/mol. The third-order valence-corrected chi connectivity index (χ3v) is 2.91. The SMILES string of the molecule is Nc1ccc(S(=O)(=O)C(F)F)c(F)c1. The molecule has 0 heterocycles. The Morgan fingerprint density at radius 3 is 2.29 bits per heavy atom. The van der Waals surface area contributed by atoms with E-state index in [0.29, 0.717) is 12.1 Å². The highest BCUT2D eigenvalue weighted by molar-refractivity contribution is 7.91. The van der Waals surface area contributed by atoms with Gasteiger partial charge in [0.1, 0.15) is 10.7 Å². The molecular formula is C7H6F3NO2S. The molecule has 0 aliphatic carbocycles. The molecule has 1 rings (SSSR count). The molecule has 0 spiro atoms. The van der Waals surface area contributed by atoms with Crippen molar-refractivity contribution in [1.82, 2.24) is 0 Å². The van der Waals surface area contributed by atoms with Crippen LogP contribution in [0.2, 0.25) is 0 Å². The van der Waals surface area contributed by atoms with Gasteiger partial charge in [-0.2, -0.15) is 8.78 Å². The smallest absolute Gasteiger partial charge is 0.341 e. The van der Waals surface area contributed by atoms with Crippen molar-refractivity contribution in [3.8, 4) is 0 Å². The summed E-state index contributed by atoms with van der Waals surface area (Å²) in [5.41, 5.74) is 5.09. The molecule has 0 radical (unpaired) electrons. The summed E-state index contributed by atoms with van der Waals surface area (Å²) in [6.07, 6.45) is 0. The van der Waals surface area contributed by atoms with Gasteiger partial charge >= 0.3 is 5.76 Å². The largest absolute Gasteiger partial charge is 0.399 e. The van der Waals surface area contributed by atoms with E-state index in [9.17, 15) is 21.6 Å². The van der Waals surface area contributed by atoms with Gasteiger partial charge in [-0.25, -0.2) is 12.8 Å². The number of hydrogen-bond donors (Lipinski definition) is 1. The summed E-state index contributed by atoms with van der Waals surface area (Å²) in [7, 11) is -4.89. The summed E-state index contributed by atoms with van der Waals surface area (Å²) in [5, 5.41) is 0. The van der Waals surface area contributed by atoms with Crippen molar-refractivity contribution in [2.75, 3.05) is 5.73 Å². The Morgan fingerprint density at radius 2 is 1.86 bits per heavy atom. The van der Waals surface area contributed by atoms with E-state index in [-0.39, 0.29) is 5.69 Å². The van der Waals surface area contributed by atoms with Crippen molar-refractivity contribution in [2.45, 2.75) is 10.7 Å². The average molecular weight is 225 g/mol. The van der Waals surface area contributed by atoms with Gasteiger partial charge < -0.3 is 5.73 Å². The van der Waals surface area contributed by atoms with Crippen molar-refractivity contribution in [1.29, 1.82) is 0 Å². The van der Waals surface area contributed by atoms with Gasteiger partial charge in [0.05, 0.1) is 0 Å². The minimum absolute atomic E-state index is 0.0317. The van der Waals surface area contributed by atoms with Gasteiger partial charge in [-0.15, -0.1) is 0 Å². The second-order valence-corrected chi connectivity index (χ2v) is 4.38. The third kappa shape index (κ3) is 1.82. The van der Waals surface area contributed by atoms with Crippen molar-refractivity contribution in [3.05, 3.63) is 24.0 Å². The first-order chi connectivity index (χ1) is 6.35. The molecule has 0 aromatic heterocycles. The van der Waals surface area contributed by atoms with Crippen LogP contribution in [0.15, 0.2) is 23.1 Å². The zero-order valence-electron chi connectivity index (χ0n) is 6.75. The summed E-state index contributed by atoms with van der Waals surface area (Å²) in [5.74, 6) is -4.91. The molecule has 7 heteroatoms. The number of nitrogens with two attached hydrogens (primary N) is 1. The molecular weight excluding hydrogens is 219 g/mol. The van der Waals surface area contributed by atoms with E-state index in [1.807, 2.05) is 0 Å². The summed E-state index contributed by atoms with van der Waals surface area (Å²) in [4.78, 5) is -1.04. The first-order valence-electron chi connectivity index (χ1n) is 3.43. The molecule has 1 aromatic carbocycles. The van der Waals surface area contributed by atoms with Crippen LogP contribution in [0.5, 0.6) is 0 Å². The van der Waals surface area contributed by atoms with E-state index < -0.39 is 26.3 Å². The topological polar surface area (TPSA) is 60.2 Å². The van der Waals surface area contributed by atoms with Crippen LogP contribution in [0, 0.1) is 5.82 Å². The van der Waals surface area contributed by atoms with E-state index in [1.165, 1.54) is 0 Å². The van der Waals surface area contributed by atoms with Gasteiger partial charge in [-0.05, 0) is 18.2 Å². The Kier molecular flexibility index (Phi) is 2.70. The predicted octanol–water partition coefficient (Wildman–Crippen LogP) is 1.40. The van der Waals surface area contributed by atoms with Crippen LogP contribution in [-0.2, 0) is 9.84 Å². The van der Waals surface area contributed by atoms with Crippen LogP contribution in [0.3, 0.4) is 0 Å². The fourth-order valence-electron chi connectivity index (χ4n) is 0.844. The van der Waals surface area contributed by atoms with Crippen molar-refractivity contribution >= 4 is 15.5 Å². The number of benzene rings is 1. The van der Waals surface area contributed by atoms with Gasteiger partial charge in [-0.1, -0.05) is 0 Å². The Hall–Kier alpha value is -1.24. The molecule has 0 atom stereocenters. The Morgan fingerprint density at radius 1 is 1.29 bits per heavy atom. The van der Waals surface area contributed by atoms with Gasteiger partial charge in [0.15, 0.2) is 0 Å². The molecule has 0 aliphatic rings. The molecule has 0 fully saturated rings. The summed E-state index contributed by atoms with van der Waals surface area (Å²) in [6, 6.07) is 2.43. The second kappa shape index (κ2) is 3.49. The third-order valence-electron chi connectivity index (χ3n) is 1.50. The number of hydrogen-bond acceptors (Lipinski definition) is 3. The summed E-state index contributed by atoms with van der Waals surface area (Å²) < 4.78 is 58.6. The number of anilines is 1. The molecule has 3 nitrogen and oxygen atoms in total. The Bertz CT molecular complexity index is 444. The molecule has 1 aromatic rings. The molecule has 0 aliphatic heterocycles. The van der Waals surface area contributed by atoms with Crippen LogP contribution in [0.25, 0.3) is 0 Å². The average Bonchev–Trinajstić information content (AvgIpc) is 2.02. The summed E-state index contributed by atoms with van der Waals surface area (Å²) >= 11 is 0. The maximum absolute atomic E-state index is 12.9. The Balaban J connectivity index is 3.35. The number of alkyl halides is 2.